The lowest BCUT2D eigenvalue weighted by atomic mass is 10.2. The maximum absolute atomic E-state index is 4.27. The van der Waals surface area contributed by atoms with Crippen molar-refractivity contribution >= 4 is 21.6 Å². The number of nitrogens with zero attached hydrogens (tertiary/aromatic N) is 3. The molecule has 1 heterocycles. The van der Waals surface area contributed by atoms with E-state index in [0.29, 0.717) is 6.54 Å². The van der Waals surface area contributed by atoms with Crippen LogP contribution >= 0.6 is 15.9 Å². The van der Waals surface area contributed by atoms with Crippen molar-refractivity contribution in [1.82, 2.24) is 14.8 Å². The van der Waals surface area contributed by atoms with E-state index < -0.39 is 0 Å². The first-order chi connectivity index (χ1) is 8.70. The Labute approximate surface area is 116 Å². The normalized spacial score (nSPS) is 10.6. The summed E-state index contributed by atoms with van der Waals surface area (Å²) in [4.78, 5) is 4.27. The standard InChI is InChI=1S/C13H17BrN4/c1-3-6-18-13(16-9-17-18)8-15-11-4-5-12(14)10(2)7-11/h4-5,7,9,15H,3,6,8H2,1-2H3. The largest absolute Gasteiger partial charge is 0.378 e. The van der Waals surface area contributed by atoms with Crippen LogP contribution in [0.3, 0.4) is 0 Å². The highest BCUT2D eigenvalue weighted by Crippen LogP contribution is 2.20. The van der Waals surface area contributed by atoms with Crippen molar-refractivity contribution in [2.75, 3.05) is 5.32 Å². The number of aromatic nitrogens is 3. The van der Waals surface area contributed by atoms with E-state index in [-0.39, 0.29) is 0 Å². The summed E-state index contributed by atoms with van der Waals surface area (Å²) >= 11 is 3.50. The number of halogens is 1. The Bertz CT molecular complexity index is 521. The Hall–Kier alpha value is -1.36. The third-order valence-electron chi connectivity index (χ3n) is 2.74. The molecule has 0 aliphatic rings. The summed E-state index contributed by atoms with van der Waals surface area (Å²) in [6, 6.07) is 6.22. The van der Waals surface area contributed by atoms with Gasteiger partial charge in [-0.3, -0.25) is 0 Å². The van der Waals surface area contributed by atoms with Crippen LogP contribution in [0.1, 0.15) is 24.7 Å². The van der Waals surface area contributed by atoms with Gasteiger partial charge in [0.1, 0.15) is 12.2 Å². The number of rotatable bonds is 5. The van der Waals surface area contributed by atoms with E-state index in [1.54, 1.807) is 6.33 Å². The van der Waals surface area contributed by atoms with Gasteiger partial charge >= 0.3 is 0 Å². The predicted octanol–water partition coefficient (Wildman–Crippen LogP) is 3.37. The van der Waals surface area contributed by atoms with Gasteiger partial charge in [-0.25, -0.2) is 9.67 Å². The lowest BCUT2D eigenvalue weighted by Gasteiger charge is -2.09. The highest BCUT2D eigenvalue weighted by atomic mass is 79.9. The third-order valence-corrected chi connectivity index (χ3v) is 3.63. The minimum Gasteiger partial charge on any atom is -0.378 e. The number of nitrogens with one attached hydrogen (secondary N) is 1. The van der Waals surface area contributed by atoms with Crippen LogP contribution in [0.5, 0.6) is 0 Å². The molecule has 5 heteroatoms. The number of hydrogen-bond donors (Lipinski definition) is 1. The van der Waals surface area contributed by atoms with Gasteiger partial charge in [-0.1, -0.05) is 22.9 Å². The Morgan fingerprint density at radius 3 is 2.94 bits per heavy atom. The van der Waals surface area contributed by atoms with E-state index in [1.165, 1.54) is 5.56 Å². The Kier molecular flexibility index (Phi) is 4.36. The van der Waals surface area contributed by atoms with Gasteiger partial charge in [0.25, 0.3) is 0 Å². The summed E-state index contributed by atoms with van der Waals surface area (Å²) in [6.07, 6.45) is 2.67. The number of aryl methyl sites for hydroxylation is 2. The molecule has 0 aliphatic carbocycles. The molecule has 0 saturated carbocycles. The van der Waals surface area contributed by atoms with Crippen LogP contribution in [0.25, 0.3) is 0 Å². The molecule has 1 N–H and O–H groups in total. The Morgan fingerprint density at radius 2 is 2.22 bits per heavy atom. The first-order valence-electron chi connectivity index (χ1n) is 6.07. The number of hydrogen-bond acceptors (Lipinski definition) is 3. The molecule has 96 valence electrons. The topological polar surface area (TPSA) is 42.7 Å². The van der Waals surface area contributed by atoms with Crippen molar-refractivity contribution in [2.45, 2.75) is 33.4 Å². The van der Waals surface area contributed by atoms with E-state index in [9.17, 15) is 0 Å². The fourth-order valence-electron chi connectivity index (χ4n) is 1.76. The van der Waals surface area contributed by atoms with Gasteiger partial charge in [0.2, 0.25) is 0 Å². The molecule has 0 unspecified atom stereocenters. The van der Waals surface area contributed by atoms with Crippen molar-refractivity contribution < 1.29 is 0 Å². The van der Waals surface area contributed by atoms with Crippen LogP contribution in [0.2, 0.25) is 0 Å². The molecular formula is C13H17BrN4. The molecule has 0 aliphatic heterocycles. The predicted molar refractivity (Wildman–Crippen MR) is 76.5 cm³/mol. The van der Waals surface area contributed by atoms with E-state index in [2.05, 4.69) is 63.4 Å². The molecule has 0 radical (unpaired) electrons. The average molecular weight is 309 g/mol. The minimum absolute atomic E-state index is 0.696. The zero-order valence-corrected chi connectivity index (χ0v) is 12.2. The fourth-order valence-corrected chi connectivity index (χ4v) is 2.01. The number of benzene rings is 1. The maximum Gasteiger partial charge on any atom is 0.146 e. The molecule has 1 aromatic carbocycles. The van der Waals surface area contributed by atoms with Crippen molar-refractivity contribution in [2.24, 2.45) is 0 Å². The second-order valence-electron chi connectivity index (χ2n) is 4.22. The average Bonchev–Trinajstić information content (AvgIpc) is 2.79. The molecule has 0 amide bonds. The first-order valence-corrected chi connectivity index (χ1v) is 6.86. The van der Waals surface area contributed by atoms with Crippen LogP contribution in [-0.2, 0) is 13.1 Å². The minimum atomic E-state index is 0.696. The molecule has 1 aromatic heterocycles. The maximum atomic E-state index is 4.27. The summed E-state index contributed by atoms with van der Waals surface area (Å²) in [5.74, 6) is 0.970. The smallest absolute Gasteiger partial charge is 0.146 e. The zero-order valence-electron chi connectivity index (χ0n) is 10.7. The molecule has 2 rings (SSSR count). The first kappa shape index (κ1) is 13.1. The van der Waals surface area contributed by atoms with E-state index in [0.717, 1.165) is 29.0 Å². The summed E-state index contributed by atoms with van der Waals surface area (Å²) in [7, 11) is 0. The zero-order chi connectivity index (χ0) is 13.0. The van der Waals surface area contributed by atoms with Crippen LogP contribution in [-0.4, -0.2) is 14.8 Å². The SMILES string of the molecule is CCCn1ncnc1CNc1ccc(Br)c(C)c1. The van der Waals surface area contributed by atoms with Gasteiger partial charge in [0.05, 0.1) is 6.54 Å². The molecular weight excluding hydrogens is 292 g/mol. The molecule has 0 bridgehead atoms. The monoisotopic (exact) mass is 308 g/mol. The fraction of sp³-hybridized carbons (Fsp3) is 0.385. The van der Waals surface area contributed by atoms with E-state index in [1.807, 2.05) is 4.68 Å². The Morgan fingerprint density at radius 1 is 1.39 bits per heavy atom. The lowest BCUT2D eigenvalue weighted by molar-refractivity contribution is 0.574. The van der Waals surface area contributed by atoms with Gasteiger partial charge in [-0.15, -0.1) is 0 Å². The summed E-state index contributed by atoms with van der Waals surface area (Å²) in [5, 5.41) is 7.58. The highest BCUT2D eigenvalue weighted by Gasteiger charge is 2.03. The molecule has 0 atom stereocenters. The quantitative estimate of drug-likeness (QED) is 0.921. The van der Waals surface area contributed by atoms with Gasteiger partial charge < -0.3 is 5.32 Å². The summed E-state index contributed by atoms with van der Waals surface area (Å²) in [6.45, 7) is 5.82. The number of anilines is 1. The van der Waals surface area contributed by atoms with Gasteiger partial charge in [0, 0.05) is 16.7 Å². The molecule has 4 nitrogen and oxygen atoms in total. The van der Waals surface area contributed by atoms with Crippen LogP contribution < -0.4 is 5.32 Å². The molecule has 18 heavy (non-hydrogen) atoms. The second-order valence-corrected chi connectivity index (χ2v) is 5.07. The van der Waals surface area contributed by atoms with E-state index in [4.69, 9.17) is 0 Å². The van der Waals surface area contributed by atoms with Gasteiger partial charge in [-0.2, -0.15) is 5.10 Å². The molecule has 0 saturated heterocycles. The molecule has 0 fully saturated rings. The molecule has 0 spiro atoms. The van der Waals surface area contributed by atoms with Crippen LogP contribution in [0, 0.1) is 6.92 Å². The van der Waals surface area contributed by atoms with Crippen molar-refractivity contribution in [3.63, 3.8) is 0 Å². The van der Waals surface area contributed by atoms with Crippen LogP contribution in [0.15, 0.2) is 29.0 Å². The Balaban J connectivity index is 2.02. The second kappa shape index (κ2) is 6.00. The summed E-state index contributed by atoms with van der Waals surface area (Å²) < 4.78 is 3.07. The van der Waals surface area contributed by atoms with Crippen molar-refractivity contribution in [1.29, 1.82) is 0 Å². The lowest BCUT2D eigenvalue weighted by Crippen LogP contribution is -2.10. The van der Waals surface area contributed by atoms with E-state index >= 15 is 0 Å². The summed E-state index contributed by atoms with van der Waals surface area (Å²) in [5.41, 5.74) is 2.32. The van der Waals surface area contributed by atoms with Crippen molar-refractivity contribution in [3.05, 3.63) is 40.4 Å². The van der Waals surface area contributed by atoms with Crippen molar-refractivity contribution in [3.8, 4) is 0 Å². The highest BCUT2D eigenvalue weighted by molar-refractivity contribution is 9.10. The van der Waals surface area contributed by atoms with Crippen LogP contribution in [0.4, 0.5) is 5.69 Å². The molecule has 2 aromatic rings. The van der Waals surface area contributed by atoms with Gasteiger partial charge in [-0.05, 0) is 37.1 Å². The third kappa shape index (κ3) is 3.10. The van der Waals surface area contributed by atoms with Gasteiger partial charge in [0.15, 0.2) is 0 Å².